The van der Waals surface area contributed by atoms with Crippen molar-refractivity contribution in [1.29, 1.82) is 0 Å². The molecule has 1 aliphatic heterocycles. The van der Waals surface area contributed by atoms with E-state index in [-0.39, 0.29) is 0 Å². The molecule has 0 radical (unpaired) electrons. The number of aromatic nitrogens is 2. The lowest BCUT2D eigenvalue weighted by molar-refractivity contribution is 0.0536. The van der Waals surface area contributed by atoms with Gasteiger partial charge in [-0.3, -0.25) is 0 Å². The van der Waals surface area contributed by atoms with E-state index in [2.05, 4.69) is 34.4 Å². The summed E-state index contributed by atoms with van der Waals surface area (Å²) in [6.07, 6.45) is 3.55. The first kappa shape index (κ1) is 13.1. The summed E-state index contributed by atoms with van der Waals surface area (Å²) in [5.74, 6) is 2.38. The summed E-state index contributed by atoms with van der Waals surface area (Å²) in [4.78, 5) is 8.64. The van der Waals surface area contributed by atoms with E-state index in [1.807, 2.05) is 7.05 Å². The number of nitrogens with zero attached hydrogens (tertiary/aromatic N) is 2. The molecule has 100 valence electrons. The Kier molecular flexibility index (Phi) is 4.36. The Morgan fingerprint density at radius 2 is 2.17 bits per heavy atom. The van der Waals surface area contributed by atoms with Crippen molar-refractivity contribution in [1.82, 2.24) is 9.97 Å². The third-order valence-corrected chi connectivity index (χ3v) is 3.50. The van der Waals surface area contributed by atoms with Crippen LogP contribution in [0.3, 0.4) is 0 Å². The Hall–Kier alpha value is -1.36. The first-order chi connectivity index (χ1) is 8.76. The van der Waals surface area contributed by atoms with Crippen LogP contribution in [0.5, 0.6) is 0 Å². The van der Waals surface area contributed by atoms with E-state index >= 15 is 0 Å². The zero-order valence-corrected chi connectivity index (χ0v) is 11.4. The fourth-order valence-electron chi connectivity index (χ4n) is 2.36. The summed E-state index contributed by atoms with van der Waals surface area (Å²) in [7, 11) is 1.89. The van der Waals surface area contributed by atoms with E-state index in [0.717, 1.165) is 43.3 Å². The molecule has 0 aliphatic carbocycles. The minimum absolute atomic E-state index is 0.434. The third-order valence-electron chi connectivity index (χ3n) is 3.50. The molecule has 2 N–H and O–H groups in total. The highest BCUT2D eigenvalue weighted by Gasteiger charge is 2.23. The van der Waals surface area contributed by atoms with Gasteiger partial charge >= 0.3 is 0 Å². The van der Waals surface area contributed by atoms with Gasteiger partial charge in [-0.2, -0.15) is 0 Å². The quantitative estimate of drug-likeness (QED) is 0.855. The van der Waals surface area contributed by atoms with E-state index in [9.17, 15) is 0 Å². The van der Waals surface area contributed by atoms with Crippen molar-refractivity contribution in [3.8, 4) is 0 Å². The van der Waals surface area contributed by atoms with Gasteiger partial charge in [0.15, 0.2) is 0 Å². The highest BCUT2D eigenvalue weighted by atomic mass is 16.5. The predicted octanol–water partition coefficient (Wildman–Crippen LogP) is 1.92. The Morgan fingerprint density at radius 1 is 1.39 bits per heavy atom. The molecule has 0 amide bonds. The minimum Gasteiger partial charge on any atom is -0.381 e. The van der Waals surface area contributed by atoms with Crippen molar-refractivity contribution in [2.75, 3.05) is 30.9 Å². The molecular formula is C13H22N4O. The Morgan fingerprint density at radius 3 is 2.83 bits per heavy atom. The Balaban J connectivity index is 2.17. The lowest BCUT2D eigenvalue weighted by Crippen LogP contribution is -2.36. The summed E-state index contributed by atoms with van der Waals surface area (Å²) in [6, 6.07) is 0.434. The van der Waals surface area contributed by atoms with Gasteiger partial charge in [0.05, 0.1) is 6.61 Å². The zero-order chi connectivity index (χ0) is 13.0. The SMILES string of the molecule is CCc1c(NC)ncnc1NC1CCOCC1C. The molecular weight excluding hydrogens is 228 g/mol. The average molecular weight is 250 g/mol. The predicted molar refractivity (Wildman–Crippen MR) is 73.0 cm³/mol. The van der Waals surface area contributed by atoms with E-state index < -0.39 is 0 Å². The molecule has 0 bridgehead atoms. The number of ether oxygens (including phenoxy) is 1. The van der Waals surface area contributed by atoms with Gasteiger partial charge in [-0.1, -0.05) is 13.8 Å². The molecule has 1 aliphatic rings. The van der Waals surface area contributed by atoms with Crippen molar-refractivity contribution >= 4 is 11.6 Å². The number of rotatable bonds is 4. The number of anilines is 2. The standard InChI is InChI=1S/C13H22N4O/c1-4-10-12(14-3)15-8-16-13(10)17-11-5-6-18-7-9(11)2/h8-9,11H,4-7H2,1-3H3,(H2,14,15,16,17). The largest absolute Gasteiger partial charge is 0.381 e. The molecule has 2 atom stereocenters. The van der Waals surface area contributed by atoms with Crippen LogP contribution in [0.2, 0.25) is 0 Å². The zero-order valence-electron chi connectivity index (χ0n) is 11.4. The molecule has 1 saturated heterocycles. The molecule has 2 rings (SSSR count). The lowest BCUT2D eigenvalue weighted by atomic mass is 9.97. The van der Waals surface area contributed by atoms with E-state index in [1.54, 1.807) is 6.33 Å². The topological polar surface area (TPSA) is 59.1 Å². The van der Waals surface area contributed by atoms with Gasteiger partial charge in [-0.05, 0) is 18.8 Å². The van der Waals surface area contributed by atoms with Gasteiger partial charge in [0.25, 0.3) is 0 Å². The fourth-order valence-corrected chi connectivity index (χ4v) is 2.36. The van der Waals surface area contributed by atoms with Gasteiger partial charge in [-0.15, -0.1) is 0 Å². The smallest absolute Gasteiger partial charge is 0.134 e. The van der Waals surface area contributed by atoms with Crippen molar-refractivity contribution < 1.29 is 4.74 Å². The molecule has 5 nitrogen and oxygen atoms in total. The van der Waals surface area contributed by atoms with Crippen LogP contribution in [-0.2, 0) is 11.2 Å². The fraction of sp³-hybridized carbons (Fsp3) is 0.692. The molecule has 0 saturated carbocycles. The van der Waals surface area contributed by atoms with E-state index in [4.69, 9.17) is 4.74 Å². The van der Waals surface area contributed by atoms with Crippen LogP contribution in [0.25, 0.3) is 0 Å². The van der Waals surface area contributed by atoms with Crippen LogP contribution in [0.4, 0.5) is 11.6 Å². The molecule has 0 aromatic carbocycles. The second-order valence-electron chi connectivity index (χ2n) is 4.74. The van der Waals surface area contributed by atoms with Crippen LogP contribution in [0, 0.1) is 5.92 Å². The number of nitrogens with one attached hydrogen (secondary N) is 2. The summed E-state index contributed by atoms with van der Waals surface area (Å²) < 4.78 is 5.47. The maximum atomic E-state index is 5.47. The highest BCUT2D eigenvalue weighted by Crippen LogP contribution is 2.24. The van der Waals surface area contributed by atoms with E-state index in [1.165, 1.54) is 0 Å². The maximum Gasteiger partial charge on any atom is 0.134 e. The average Bonchev–Trinajstić information content (AvgIpc) is 2.41. The molecule has 0 spiro atoms. The van der Waals surface area contributed by atoms with Gasteiger partial charge < -0.3 is 15.4 Å². The summed E-state index contributed by atoms with van der Waals surface area (Å²) in [6.45, 7) is 5.98. The highest BCUT2D eigenvalue weighted by molar-refractivity contribution is 5.57. The second kappa shape index (κ2) is 6.00. The second-order valence-corrected chi connectivity index (χ2v) is 4.74. The Labute approximate surface area is 108 Å². The molecule has 2 unspecified atom stereocenters. The number of hydrogen-bond donors (Lipinski definition) is 2. The third kappa shape index (κ3) is 2.72. The monoisotopic (exact) mass is 250 g/mol. The van der Waals surface area contributed by atoms with Gasteiger partial charge in [0.2, 0.25) is 0 Å². The molecule has 18 heavy (non-hydrogen) atoms. The van der Waals surface area contributed by atoms with Crippen LogP contribution in [-0.4, -0.2) is 36.3 Å². The molecule has 1 fully saturated rings. The first-order valence-corrected chi connectivity index (χ1v) is 6.62. The maximum absolute atomic E-state index is 5.47. The van der Waals surface area contributed by atoms with Crippen LogP contribution in [0.1, 0.15) is 25.8 Å². The number of hydrogen-bond acceptors (Lipinski definition) is 5. The van der Waals surface area contributed by atoms with Crippen molar-refractivity contribution in [2.24, 2.45) is 5.92 Å². The van der Waals surface area contributed by atoms with Crippen LogP contribution >= 0.6 is 0 Å². The van der Waals surface area contributed by atoms with Crippen LogP contribution in [0.15, 0.2) is 6.33 Å². The van der Waals surface area contributed by atoms with Crippen molar-refractivity contribution in [2.45, 2.75) is 32.7 Å². The summed E-state index contributed by atoms with van der Waals surface area (Å²) >= 11 is 0. The van der Waals surface area contributed by atoms with Gasteiger partial charge in [0.1, 0.15) is 18.0 Å². The van der Waals surface area contributed by atoms with E-state index in [0.29, 0.717) is 12.0 Å². The van der Waals surface area contributed by atoms with Crippen LogP contribution < -0.4 is 10.6 Å². The van der Waals surface area contributed by atoms with Crippen molar-refractivity contribution in [3.05, 3.63) is 11.9 Å². The lowest BCUT2D eigenvalue weighted by Gasteiger charge is -2.30. The molecule has 5 heteroatoms. The molecule has 1 aromatic rings. The van der Waals surface area contributed by atoms with Gasteiger partial charge in [-0.25, -0.2) is 9.97 Å². The summed E-state index contributed by atoms with van der Waals surface area (Å²) in [5.41, 5.74) is 1.15. The van der Waals surface area contributed by atoms with Gasteiger partial charge in [0, 0.05) is 25.3 Å². The van der Waals surface area contributed by atoms with Crippen molar-refractivity contribution in [3.63, 3.8) is 0 Å². The Bertz CT molecular complexity index is 397. The minimum atomic E-state index is 0.434. The summed E-state index contributed by atoms with van der Waals surface area (Å²) in [5, 5.41) is 6.67. The first-order valence-electron chi connectivity index (χ1n) is 6.62. The molecule has 1 aromatic heterocycles. The normalized spacial score (nSPS) is 23.7. The molecule has 2 heterocycles.